The summed E-state index contributed by atoms with van der Waals surface area (Å²) in [5.74, 6) is -4.94. The Morgan fingerprint density at radius 2 is 1.74 bits per heavy atom. The number of fused-ring (bicyclic) bond motifs is 1. The zero-order valence-electron chi connectivity index (χ0n) is 30.0. The van der Waals surface area contributed by atoms with Crippen LogP contribution in [0, 0.1) is 24.0 Å². The minimum atomic E-state index is -4.48. The number of benzene rings is 2. The molecule has 0 spiro atoms. The van der Waals surface area contributed by atoms with Crippen LogP contribution in [0.5, 0.6) is 0 Å². The number of hydrogen-bond acceptors (Lipinski definition) is 9. The van der Waals surface area contributed by atoms with Gasteiger partial charge in [0.1, 0.15) is 23.5 Å². The lowest BCUT2D eigenvalue weighted by atomic mass is 9.95. The molecule has 18 heteroatoms. The number of nitrogens with zero attached hydrogens (tertiary/aromatic N) is 3. The molecule has 0 aliphatic heterocycles. The number of rotatable bonds is 11. The highest BCUT2D eigenvalue weighted by Gasteiger charge is 2.27. The molecule has 0 aliphatic rings. The van der Waals surface area contributed by atoms with Crippen molar-refractivity contribution >= 4 is 50.1 Å². The minimum Gasteiger partial charge on any atom is -0.464 e. The van der Waals surface area contributed by atoms with E-state index in [0.717, 1.165) is 4.57 Å². The highest BCUT2D eigenvalue weighted by atomic mass is 32.2. The van der Waals surface area contributed by atoms with E-state index in [1.165, 1.54) is 67.5 Å². The van der Waals surface area contributed by atoms with Crippen molar-refractivity contribution in [1.29, 1.82) is 0 Å². The summed E-state index contributed by atoms with van der Waals surface area (Å²) in [6.45, 7) is 8.22. The van der Waals surface area contributed by atoms with E-state index in [1.807, 2.05) is 4.72 Å². The Kier molecular flexibility index (Phi) is 10.9. The number of aromatic amines is 1. The van der Waals surface area contributed by atoms with Gasteiger partial charge in [0.05, 0.1) is 28.4 Å². The van der Waals surface area contributed by atoms with Crippen LogP contribution in [-0.4, -0.2) is 58.0 Å². The molecule has 4 N–H and O–H groups in total. The topological polar surface area (TPSA) is 203 Å². The molecule has 284 valence electrons. The minimum absolute atomic E-state index is 0.0126. The molecule has 3 aromatic heterocycles. The van der Waals surface area contributed by atoms with Gasteiger partial charge in [-0.25, -0.2) is 36.3 Å². The fraction of sp³-hybridized carbons (Fsp3) is 0.278. The summed E-state index contributed by atoms with van der Waals surface area (Å²) in [6.07, 6.45) is 3.94. The van der Waals surface area contributed by atoms with Gasteiger partial charge in [-0.15, -0.1) is 0 Å². The van der Waals surface area contributed by atoms with Gasteiger partial charge < -0.3 is 24.9 Å². The van der Waals surface area contributed by atoms with E-state index in [2.05, 4.69) is 20.6 Å². The molecule has 0 unspecified atom stereocenters. The number of H-pyrrole nitrogens is 1. The maximum atomic E-state index is 15.3. The summed E-state index contributed by atoms with van der Waals surface area (Å²) < 4.78 is 66.2. The predicted molar refractivity (Wildman–Crippen MR) is 195 cm³/mol. The smallest absolute Gasteiger partial charge is 0.336 e. The molecule has 54 heavy (non-hydrogen) atoms. The molecule has 0 bridgehead atoms. The number of halogens is 2. The predicted octanol–water partition coefficient (Wildman–Crippen LogP) is 3.69. The van der Waals surface area contributed by atoms with E-state index < -0.39 is 67.5 Å². The van der Waals surface area contributed by atoms with E-state index in [1.54, 1.807) is 27.7 Å². The second-order valence-corrected chi connectivity index (χ2v) is 15.1. The number of carbonyl (C=O) groups is 3. The third kappa shape index (κ3) is 8.22. The zero-order valence-corrected chi connectivity index (χ0v) is 30.9. The molecule has 5 aromatic rings. The lowest BCUT2D eigenvalue weighted by Gasteiger charge is -2.18. The monoisotopic (exact) mass is 765 g/mol. The average molecular weight is 766 g/mol. The van der Waals surface area contributed by atoms with Crippen LogP contribution in [0.15, 0.2) is 75.5 Å². The molecule has 0 saturated heterocycles. The third-order valence-corrected chi connectivity index (χ3v) is 9.58. The number of amides is 2. The van der Waals surface area contributed by atoms with Crippen molar-refractivity contribution in [3.63, 3.8) is 0 Å². The number of carbonyl (C=O) groups excluding carboxylic acids is 3. The number of esters is 1. The lowest BCUT2D eigenvalue weighted by Crippen LogP contribution is -2.43. The van der Waals surface area contributed by atoms with Gasteiger partial charge in [-0.3, -0.25) is 19.1 Å². The molecule has 1 atom stereocenters. The maximum Gasteiger partial charge on any atom is 0.336 e. The van der Waals surface area contributed by atoms with Crippen LogP contribution in [-0.2, 0) is 37.8 Å². The number of anilines is 2. The second kappa shape index (κ2) is 15.1. The first kappa shape index (κ1) is 39.0. The number of aromatic nitrogens is 4. The standard InChI is InChI=1S/C36H37F2N7O8S/c1-7-53-33(48)28(12-20-8-11-30(40-16-20)45-32(47)19(2)18-44(6)35(45)50)41-31(46)23-14-25(38)27(15-24(23)37)43-54(51,52)21-9-10-22-26(13-21)39-17-29(22)42-34(49)36(3,4)5/h8-11,13-18,28,39,43H,7,12H2,1-6H3,(H,41,46)(H,42,49)/t28-/m0/s1. The Bertz CT molecular complexity index is 2490. The van der Waals surface area contributed by atoms with Crippen LogP contribution < -0.4 is 26.6 Å². The summed E-state index contributed by atoms with van der Waals surface area (Å²) in [4.78, 5) is 70.4. The number of nitrogens with one attached hydrogen (secondary N) is 4. The van der Waals surface area contributed by atoms with Crippen molar-refractivity contribution in [2.24, 2.45) is 12.5 Å². The van der Waals surface area contributed by atoms with E-state index in [9.17, 15) is 32.4 Å². The Morgan fingerprint density at radius 3 is 2.39 bits per heavy atom. The number of hydrogen-bond donors (Lipinski definition) is 4. The lowest BCUT2D eigenvalue weighted by molar-refractivity contribution is -0.145. The van der Waals surface area contributed by atoms with Gasteiger partial charge >= 0.3 is 11.7 Å². The molecule has 0 fully saturated rings. The van der Waals surface area contributed by atoms with Crippen molar-refractivity contribution in [1.82, 2.24) is 24.4 Å². The first-order valence-electron chi connectivity index (χ1n) is 16.5. The number of aryl methyl sites for hydroxylation is 2. The molecule has 3 heterocycles. The van der Waals surface area contributed by atoms with Gasteiger partial charge in [-0.2, -0.15) is 0 Å². The SMILES string of the molecule is CCOC(=O)[C@H](Cc1ccc(-n2c(=O)c(C)cn(C)c2=O)nc1)NC(=O)c1cc(F)c(NS(=O)(=O)c2ccc3c(NC(=O)C(C)(C)C)c[nH]c3c2)cc1F. The van der Waals surface area contributed by atoms with Crippen LogP contribution in [0.1, 0.15) is 49.2 Å². The average Bonchev–Trinajstić information content (AvgIpc) is 3.50. The zero-order chi connectivity index (χ0) is 39.7. The van der Waals surface area contributed by atoms with Crippen molar-refractivity contribution in [2.45, 2.75) is 52.0 Å². The van der Waals surface area contributed by atoms with Gasteiger partial charge in [0, 0.05) is 60.0 Å². The van der Waals surface area contributed by atoms with Gasteiger partial charge in [0.15, 0.2) is 0 Å². The van der Waals surface area contributed by atoms with Crippen LogP contribution >= 0.6 is 0 Å². The van der Waals surface area contributed by atoms with E-state index >= 15 is 8.78 Å². The van der Waals surface area contributed by atoms with Crippen molar-refractivity contribution in [2.75, 3.05) is 16.6 Å². The van der Waals surface area contributed by atoms with Gasteiger partial charge in [-0.1, -0.05) is 26.8 Å². The summed E-state index contributed by atoms with van der Waals surface area (Å²) in [7, 11) is -3.01. The third-order valence-electron chi connectivity index (χ3n) is 8.21. The van der Waals surface area contributed by atoms with E-state index in [0.29, 0.717) is 39.8 Å². The normalized spacial score (nSPS) is 12.3. The molecule has 2 amide bonds. The molecule has 0 saturated carbocycles. The van der Waals surface area contributed by atoms with Crippen molar-refractivity contribution in [3.05, 3.63) is 110 Å². The Labute approximate surface area is 307 Å². The summed E-state index contributed by atoms with van der Waals surface area (Å²) in [6, 6.07) is 6.33. The first-order chi connectivity index (χ1) is 25.3. The number of sulfonamides is 1. The van der Waals surface area contributed by atoms with E-state index in [4.69, 9.17) is 4.74 Å². The van der Waals surface area contributed by atoms with Gasteiger partial charge in [-0.05, 0) is 49.7 Å². The first-order valence-corrected chi connectivity index (χ1v) is 18.0. The van der Waals surface area contributed by atoms with Crippen LogP contribution in [0.4, 0.5) is 20.2 Å². The Hall–Kier alpha value is -6.17. The molecule has 15 nitrogen and oxygen atoms in total. The molecule has 2 aromatic carbocycles. The van der Waals surface area contributed by atoms with Gasteiger partial charge in [0.25, 0.3) is 21.5 Å². The number of pyridine rings is 1. The van der Waals surface area contributed by atoms with Gasteiger partial charge in [0.2, 0.25) is 5.91 Å². The number of ether oxygens (including phenoxy) is 1. The molecular weight excluding hydrogens is 728 g/mol. The Balaban J connectivity index is 1.33. The largest absolute Gasteiger partial charge is 0.464 e. The molecular formula is C36H37F2N7O8S. The van der Waals surface area contributed by atoms with E-state index in [-0.39, 0.29) is 29.6 Å². The summed E-state index contributed by atoms with van der Waals surface area (Å²) in [5.41, 5.74) is -2.08. The Morgan fingerprint density at radius 1 is 1.02 bits per heavy atom. The van der Waals surface area contributed by atoms with Crippen molar-refractivity contribution < 1.29 is 36.3 Å². The van der Waals surface area contributed by atoms with Crippen LogP contribution in [0.2, 0.25) is 0 Å². The quantitative estimate of drug-likeness (QED) is 0.145. The second-order valence-electron chi connectivity index (χ2n) is 13.4. The highest BCUT2D eigenvalue weighted by Crippen LogP contribution is 2.29. The van der Waals surface area contributed by atoms with Crippen LogP contribution in [0.25, 0.3) is 16.7 Å². The maximum absolute atomic E-state index is 15.3. The molecule has 5 rings (SSSR count). The molecule has 0 radical (unpaired) electrons. The van der Waals surface area contributed by atoms with Crippen LogP contribution in [0.3, 0.4) is 0 Å². The highest BCUT2D eigenvalue weighted by molar-refractivity contribution is 7.92. The summed E-state index contributed by atoms with van der Waals surface area (Å²) in [5, 5.41) is 5.61. The molecule has 0 aliphatic carbocycles. The summed E-state index contributed by atoms with van der Waals surface area (Å²) >= 11 is 0. The van der Waals surface area contributed by atoms with Crippen molar-refractivity contribution in [3.8, 4) is 5.82 Å². The fourth-order valence-electron chi connectivity index (χ4n) is 5.29. The fourth-order valence-corrected chi connectivity index (χ4v) is 6.37.